The average Bonchev–Trinajstić information content (AvgIpc) is 2.95. The second kappa shape index (κ2) is 6.84. The van der Waals surface area contributed by atoms with Gasteiger partial charge in [-0.15, -0.1) is 23.5 Å². The number of carbonyl (C=O) groups is 1. The molecule has 1 aliphatic rings. The summed E-state index contributed by atoms with van der Waals surface area (Å²) < 4.78 is -0.0544. The molecule has 2 aromatic carbocycles. The third-order valence-electron chi connectivity index (χ3n) is 3.71. The van der Waals surface area contributed by atoms with Gasteiger partial charge in [-0.3, -0.25) is 4.79 Å². The molecule has 0 aliphatic carbocycles. The third-order valence-corrected chi connectivity index (χ3v) is 7.00. The molecule has 1 saturated heterocycles. The van der Waals surface area contributed by atoms with E-state index in [1.807, 2.05) is 53.9 Å². The Balaban J connectivity index is 1.71. The van der Waals surface area contributed by atoms with Gasteiger partial charge in [0.2, 0.25) is 5.91 Å². The number of phenols is 1. The average molecular weight is 346 g/mol. The number of hydrogen-bond donors (Lipinski definition) is 2. The highest BCUT2D eigenvalue weighted by molar-refractivity contribution is 8.21. The van der Waals surface area contributed by atoms with E-state index in [-0.39, 0.29) is 15.7 Å². The minimum atomic E-state index is -0.106. The number of benzene rings is 2. The van der Waals surface area contributed by atoms with Gasteiger partial charge in [-0.2, -0.15) is 5.10 Å². The van der Waals surface area contributed by atoms with Crippen LogP contribution in [-0.2, 0) is 4.79 Å². The van der Waals surface area contributed by atoms with E-state index in [1.165, 1.54) is 6.21 Å². The fraction of sp³-hybridized carbons (Fsp3) is 0.294. The topological polar surface area (TPSA) is 61.7 Å². The summed E-state index contributed by atoms with van der Waals surface area (Å²) in [5.41, 5.74) is 3.18. The molecular formula is C17H18N2O2S2. The normalized spacial score (nSPS) is 16.9. The van der Waals surface area contributed by atoms with Crippen molar-refractivity contribution in [2.75, 3.05) is 11.5 Å². The van der Waals surface area contributed by atoms with Crippen molar-refractivity contribution in [2.45, 2.75) is 17.4 Å². The second-order valence-electron chi connectivity index (χ2n) is 5.52. The quantitative estimate of drug-likeness (QED) is 0.656. The van der Waals surface area contributed by atoms with Gasteiger partial charge in [-0.1, -0.05) is 30.3 Å². The summed E-state index contributed by atoms with van der Waals surface area (Å²) in [6.45, 7) is 2.09. The molecule has 0 unspecified atom stereocenters. The maximum atomic E-state index is 12.0. The Kier molecular flexibility index (Phi) is 4.82. The fourth-order valence-corrected chi connectivity index (χ4v) is 5.41. The van der Waals surface area contributed by atoms with Crippen molar-refractivity contribution in [3.05, 3.63) is 42.0 Å². The van der Waals surface area contributed by atoms with Crippen LogP contribution < -0.4 is 5.43 Å². The van der Waals surface area contributed by atoms with Crippen LogP contribution in [0.15, 0.2) is 41.5 Å². The summed E-state index contributed by atoms with van der Waals surface area (Å²) >= 11 is 3.63. The Morgan fingerprint density at radius 2 is 2.04 bits per heavy atom. The van der Waals surface area contributed by atoms with Crippen molar-refractivity contribution in [2.24, 2.45) is 5.10 Å². The number of hydrogen-bond acceptors (Lipinski definition) is 5. The maximum absolute atomic E-state index is 12.0. The molecular weight excluding hydrogens is 328 g/mol. The molecule has 1 fully saturated rings. The molecule has 0 spiro atoms. The van der Waals surface area contributed by atoms with Crippen molar-refractivity contribution in [1.29, 1.82) is 0 Å². The summed E-state index contributed by atoms with van der Waals surface area (Å²) in [4.78, 5) is 12.0. The fourth-order valence-electron chi connectivity index (χ4n) is 2.58. The number of rotatable bonds is 4. The molecule has 120 valence electrons. The lowest BCUT2D eigenvalue weighted by molar-refractivity contribution is -0.121. The van der Waals surface area contributed by atoms with E-state index in [1.54, 1.807) is 6.07 Å². The van der Waals surface area contributed by atoms with E-state index in [0.29, 0.717) is 12.0 Å². The zero-order valence-electron chi connectivity index (χ0n) is 12.8. The minimum Gasteiger partial charge on any atom is -0.507 e. The lowest BCUT2D eigenvalue weighted by Gasteiger charge is -2.19. The van der Waals surface area contributed by atoms with Crippen molar-refractivity contribution in [1.82, 2.24) is 5.43 Å². The number of nitrogens with one attached hydrogen (secondary N) is 1. The Morgan fingerprint density at radius 1 is 1.30 bits per heavy atom. The van der Waals surface area contributed by atoms with Crippen LogP contribution in [0, 0.1) is 0 Å². The molecule has 0 saturated carbocycles. The predicted octanol–water partition coefficient (Wildman–Crippen LogP) is 3.58. The molecule has 6 heteroatoms. The van der Waals surface area contributed by atoms with Crippen molar-refractivity contribution in [3.8, 4) is 5.75 Å². The smallest absolute Gasteiger partial charge is 0.242 e. The number of hydrazone groups is 1. The largest absolute Gasteiger partial charge is 0.507 e. The molecule has 2 aromatic rings. The summed E-state index contributed by atoms with van der Waals surface area (Å²) in [6, 6.07) is 11.2. The van der Waals surface area contributed by atoms with Gasteiger partial charge in [0.15, 0.2) is 0 Å². The highest BCUT2D eigenvalue weighted by Gasteiger charge is 2.32. The van der Waals surface area contributed by atoms with Crippen LogP contribution in [0.5, 0.6) is 5.75 Å². The monoisotopic (exact) mass is 346 g/mol. The molecule has 4 nitrogen and oxygen atoms in total. The standard InChI is InChI=1S/C17H18N2O2S2/c1-17(22-8-9-23-17)10-16(21)19-18-11-14-13-5-3-2-4-12(13)6-7-15(14)20/h2-7,11,20H,8-10H2,1H3,(H,19,21)/b18-11-. The number of nitrogens with zero attached hydrogens (tertiary/aromatic N) is 1. The first-order valence-electron chi connectivity index (χ1n) is 7.38. The Bertz CT molecular complexity index is 755. The van der Waals surface area contributed by atoms with Gasteiger partial charge >= 0.3 is 0 Å². The summed E-state index contributed by atoms with van der Waals surface area (Å²) in [5, 5.41) is 16.0. The van der Waals surface area contributed by atoms with Crippen LogP contribution in [0.4, 0.5) is 0 Å². The van der Waals surface area contributed by atoms with Crippen LogP contribution in [0.3, 0.4) is 0 Å². The molecule has 1 aliphatic heterocycles. The van der Waals surface area contributed by atoms with Gasteiger partial charge in [0.25, 0.3) is 0 Å². The molecule has 1 heterocycles. The first-order chi connectivity index (χ1) is 11.1. The first kappa shape index (κ1) is 16.2. The van der Waals surface area contributed by atoms with Gasteiger partial charge in [-0.05, 0) is 23.8 Å². The lowest BCUT2D eigenvalue weighted by Crippen LogP contribution is -2.26. The molecule has 3 rings (SSSR count). The van der Waals surface area contributed by atoms with Crippen LogP contribution in [-0.4, -0.2) is 32.8 Å². The van der Waals surface area contributed by atoms with Crippen LogP contribution in [0.1, 0.15) is 18.9 Å². The third kappa shape index (κ3) is 3.82. The Morgan fingerprint density at radius 3 is 2.83 bits per heavy atom. The van der Waals surface area contributed by atoms with Crippen molar-refractivity contribution < 1.29 is 9.90 Å². The first-order valence-corrected chi connectivity index (χ1v) is 9.35. The number of fused-ring (bicyclic) bond motifs is 1. The van der Waals surface area contributed by atoms with Crippen LogP contribution in [0.25, 0.3) is 10.8 Å². The second-order valence-corrected chi connectivity index (χ2v) is 8.97. The Labute approximate surface area is 143 Å². The van der Waals surface area contributed by atoms with Gasteiger partial charge in [-0.25, -0.2) is 5.43 Å². The minimum absolute atomic E-state index is 0.0544. The summed E-state index contributed by atoms with van der Waals surface area (Å²) in [5.74, 6) is 2.21. The highest BCUT2D eigenvalue weighted by Crippen LogP contribution is 2.45. The summed E-state index contributed by atoms with van der Waals surface area (Å²) in [7, 11) is 0. The maximum Gasteiger partial charge on any atom is 0.242 e. The molecule has 2 N–H and O–H groups in total. The SMILES string of the molecule is CC1(CC(=O)N/N=C\c2c(O)ccc3ccccc23)SCCS1. The number of aromatic hydroxyl groups is 1. The number of phenolic OH excluding ortho intramolecular Hbond substituents is 1. The Hall–Kier alpha value is -1.66. The van der Waals surface area contributed by atoms with E-state index in [9.17, 15) is 9.90 Å². The summed E-state index contributed by atoms with van der Waals surface area (Å²) in [6.07, 6.45) is 1.94. The van der Waals surface area contributed by atoms with Crippen LogP contribution >= 0.6 is 23.5 Å². The van der Waals surface area contributed by atoms with Gasteiger partial charge in [0.1, 0.15) is 5.75 Å². The zero-order chi connectivity index (χ0) is 16.3. The van der Waals surface area contributed by atoms with Crippen molar-refractivity contribution in [3.63, 3.8) is 0 Å². The molecule has 0 radical (unpaired) electrons. The number of amides is 1. The molecule has 23 heavy (non-hydrogen) atoms. The van der Waals surface area contributed by atoms with E-state index in [0.717, 1.165) is 22.3 Å². The van der Waals surface area contributed by atoms with Crippen molar-refractivity contribution >= 4 is 46.4 Å². The van der Waals surface area contributed by atoms with Gasteiger partial charge < -0.3 is 5.11 Å². The lowest BCUT2D eigenvalue weighted by atomic mass is 10.0. The van der Waals surface area contributed by atoms with Crippen LogP contribution in [0.2, 0.25) is 0 Å². The van der Waals surface area contributed by atoms with E-state index in [2.05, 4.69) is 17.5 Å². The van der Waals surface area contributed by atoms with E-state index < -0.39 is 0 Å². The number of thioether (sulfide) groups is 2. The molecule has 0 aromatic heterocycles. The molecule has 1 amide bonds. The molecule has 0 atom stereocenters. The number of carbonyl (C=O) groups excluding carboxylic acids is 1. The van der Waals surface area contributed by atoms with Gasteiger partial charge in [0.05, 0.1) is 16.7 Å². The highest BCUT2D eigenvalue weighted by atomic mass is 32.2. The molecule has 0 bridgehead atoms. The van der Waals surface area contributed by atoms with Gasteiger partial charge in [0, 0.05) is 17.1 Å². The predicted molar refractivity (Wildman–Crippen MR) is 99.3 cm³/mol. The zero-order valence-corrected chi connectivity index (χ0v) is 14.4. The van der Waals surface area contributed by atoms with E-state index >= 15 is 0 Å². The van der Waals surface area contributed by atoms with E-state index in [4.69, 9.17) is 0 Å².